The van der Waals surface area contributed by atoms with Gasteiger partial charge in [-0.15, -0.1) is 11.8 Å². The summed E-state index contributed by atoms with van der Waals surface area (Å²) in [7, 11) is 1.61. The van der Waals surface area contributed by atoms with E-state index in [2.05, 4.69) is 5.32 Å². The summed E-state index contributed by atoms with van der Waals surface area (Å²) in [6, 6.07) is 13.4. The highest BCUT2D eigenvalue weighted by molar-refractivity contribution is 7.99. The van der Waals surface area contributed by atoms with E-state index in [0.29, 0.717) is 18.0 Å². The number of nitrogens with zero attached hydrogens (tertiary/aromatic N) is 1. The highest BCUT2D eigenvalue weighted by atomic mass is 32.2. The van der Waals surface area contributed by atoms with Gasteiger partial charge in [0.2, 0.25) is 11.8 Å². The van der Waals surface area contributed by atoms with Crippen LogP contribution in [0.15, 0.2) is 48.5 Å². The maximum absolute atomic E-state index is 13.2. The van der Waals surface area contributed by atoms with E-state index in [-0.39, 0.29) is 29.4 Å². The predicted molar refractivity (Wildman–Crippen MR) is 131 cm³/mol. The lowest BCUT2D eigenvalue weighted by Gasteiger charge is -2.31. The summed E-state index contributed by atoms with van der Waals surface area (Å²) in [6.45, 7) is 2.12. The average Bonchev–Trinajstić information content (AvgIpc) is 2.84. The Bertz CT molecular complexity index is 916. The third kappa shape index (κ3) is 7.77. The standard InChI is InChI=1S/C26H33FN2O3S/c1-19(26(31)28-23-8-4-3-5-9-23)29(16-21-7-6-10-24(15-21)32-2)25(30)18-33-17-20-11-13-22(27)14-12-20/h6-7,10-15,19,23H,3-5,8-9,16-18H2,1-2H3,(H,28,31)/t19-/m0/s1. The Morgan fingerprint density at radius 1 is 1.12 bits per heavy atom. The fourth-order valence-electron chi connectivity index (χ4n) is 4.04. The molecule has 178 valence electrons. The number of carbonyl (C=O) groups excluding carboxylic acids is 2. The van der Waals surface area contributed by atoms with Gasteiger partial charge in [0.1, 0.15) is 17.6 Å². The molecule has 2 aromatic rings. The smallest absolute Gasteiger partial charge is 0.242 e. The number of nitrogens with one attached hydrogen (secondary N) is 1. The molecular weight excluding hydrogens is 439 g/mol. The van der Waals surface area contributed by atoms with Crippen molar-refractivity contribution in [3.63, 3.8) is 0 Å². The fourth-order valence-corrected chi connectivity index (χ4v) is 4.91. The van der Waals surface area contributed by atoms with Gasteiger partial charge < -0.3 is 15.0 Å². The molecule has 2 amide bonds. The third-order valence-corrected chi connectivity index (χ3v) is 7.00. The van der Waals surface area contributed by atoms with Crippen LogP contribution in [0.5, 0.6) is 5.75 Å². The van der Waals surface area contributed by atoms with Crippen molar-refractivity contribution in [1.82, 2.24) is 10.2 Å². The number of carbonyl (C=O) groups is 2. The maximum Gasteiger partial charge on any atom is 0.242 e. The highest BCUT2D eigenvalue weighted by Gasteiger charge is 2.28. The van der Waals surface area contributed by atoms with Crippen LogP contribution in [0.4, 0.5) is 4.39 Å². The number of thioether (sulfide) groups is 1. The number of amides is 2. The Balaban J connectivity index is 1.66. The molecule has 1 fully saturated rings. The molecule has 5 nitrogen and oxygen atoms in total. The van der Waals surface area contributed by atoms with E-state index in [1.54, 1.807) is 31.1 Å². The summed E-state index contributed by atoms with van der Waals surface area (Å²) in [5.74, 6) is 1.06. The number of ether oxygens (including phenoxy) is 1. The first kappa shape index (κ1) is 25.1. The number of hydrogen-bond donors (Lipinski definition) is 1. The quantitative estimate of drug-likeness (QED) is 0.533. The zero-order chi connectivity index (χ0) is 23.6. The molecule has 0 saturated heterocycles. The second-order valence-electron chi connectivity index (χ2n) is 8.51. The van der Waals surface area contributed by atoms with Gasteiger partial charge in [-0.2, -0.15) is 0 Å². The van der Waals surface area contributed by atoms with Crippen molar-refractivity contribution in [3.8, 4) is 5.75 Å². The molecule has 33 heavy (non-hydrogen) atoms. The lowest BCUT2D eigenvalue weighted by molar-refractivity contribution is -0.139. The van der Waals surface area contributed by atoms with E-state index in [0.717, 1.165) is 36.8 Å². The molecule has 0 bridgehead atoms. The highest BCUT2D eigenvalue weighted by Crippen LogP contribution is 2.20. The van der Waals surface area contributed by atoms with Crippen molar-refractivity contribution in [3.05, 3.63) is 65.5 Å². The van der Waals surface area contributed by atoms with Gasteiger partial charge in [-0.1, -0.05) is 43.5 Å². The minimum atomic E-state index is -0.586. The Labute approximate surface area is 200 Å². The first-order chi connectivity index (χ1) is 16.0. The second kappa shape index (κ2) is 12.6. The lowest BCUT2D eigenvalue weighted by Crippen LogP contribution is -2.50. The van der Waals surface area contributed by atoms with Gasteiger partial charge in [0, 0.05) is 18.3 Å². The molecule has 1 saturated carbocycles. The molecule has 0 aliphatic heterocycles. The number of hydrogen-bond acceptors (Lipinski definition) is 4. The lowest BCUT2D eigenvalue weighted by atomic mass is 9.95. The van der Waals surface area contributed by atoms with E-state index in [4.69, 9.17) is 4.74 Å². The van der Waals surface area contributed by atoms with Crippen LogP contribution in [-0.2, 0) is 21.9 Å². The SMILES string of the molecule is COc1cccc(CN(C(=O)CSCc2ccc(F)cc2)[C@@H](C)C(=O)NC2CCCCC2)c1. The number of methoxy groups -OCH3 is 1. The van der Waals surface area contributed by atoms with Crippen molar-refractivity contribution in [2.24, 2.45) is 0 Å². The molecule has 3 rings (SSSR count). The first-order valence-electron chi connectivity index (χ1n) is 11.5. The molecule has 1 N–H and O–H groups in total. The van der Waals surface area contributed by atoms with Crippen LogP contribution in [-0.4, -0.2) is 41.7 Å². The van der Waals surface area contributed by atoms with Crippen LogP contribution < -0.4 is 10.1 Å². The van der Waals surface area contributed by atoms with Crippen molar-refractivity contribution in [2.45, 2.75) is 63.4 Å². The largest absolute Gasteiger partial charge is 0.497 e. The van der Waals surface area contributed by atoms with Crippen molar-refractivity contribution >= 4 is 23.6 Å². The minimum absolute atomic E-state index is 0.101. The Morgan fingerprint density at radius 3 is 2.55 bits per heavy atom. The van der Waals surface area contributed by atoms with Crippen molar-refractivity contribution in [2.75, 3.05) is 12.9 Å². The van der Waals surface area contributed by atoms with Gasteiger partial charge in [0.15, 0.2) is 0 Å². The van der Waals surface area contributed by atoms with E-state index in [1.165, 1.54) is 30.3 Å². The van der Waals surface area contributed by atoms with Gasteiger partial charge in [-0.3, -0.25) is 9.59 Å². The van der Waals surface area contributed by atoms with Gasteiger partial charge in [-0.25, -0.2) is 4.39 Å². The molecule has 0 unspecified atom stereocenters. The topological polar surface area (TPSA) is 58.6 Å². The molecule has 0 heterocycles. The van der Waals surface area contributed by atoms with Crippen LogP contribution >= 0.6 is 11.8 Å². The summed E-state index contributed by atoms with van der Waals surface area (Å²) in [5.41, 5.74) is 1.86. The molecule has 1 aliphatic carbocycles. The van der Waals surface area contributed by atoms with Crippen molar-refractivity contribution in [1.29, 1.82) is 0 Å². The second-order valence-corrected chi connectivity index (χ2v) is 9.50. The van der Waals surface area contributed by atoms with Crippen molar-refractivity contribution < 1.29 is 18.7 Å². The summed E-state index contributed by atoms with van der Waals surface area (Å²) in [6.07, 6.45) is 5.47. The van der Waals surface area contributed by atoms with E-state index < -0.39 is 6.04 Å². The molecule has 1 aliphatic rings. The van der Waals surface area contributed by atoms with Gasteiger partial charge in [-0.05, 0) is 55.2 Å². The van der Waals surface area contributed by atoms with Gasteiger partial charge in [0.25, 0.3) is 0 Å². The predicted octanol–water partition coefficient (Wildman–Crippen LogP) is 4.93. The van der Waals surface area contributed by atoms with Gasteiger partial charge >= 0.3 is 0 Å². The summed E-state index contributed by atoms with van der Waals surface area (Å²) >= 11 is 1.46. The number of benzene rings is 2. The van der Waals surface area contributed by atoms with Gasteiger partial charge in [0.05, 0.1) is 12.9 Å². The third-order valence-electron chi connectivity index (χ3n) is 6.01. The summed E-state index contributed by atoms with van der Waals surface area (Å²) < 4.78 is 18.4. The fraction of sp³-hybridized carbons (Fsp3) is 0.462. The first-order valence-corrected chi connectivity index (χ1v) is 12.7. The van der Waals surface area contributed by atoms with Crippen LogP contribution in [0.25, 0.3) is 0 Å². The number of halogens is 1. The summed E-state index contributed by atoms with van der Waals surface area (Å²) in [4.78, 5) is 27.9. The molecule has 7 heteroatoms. The van der Waals surface area contributed by atoms with E-state index in [1.807, 2.05) is 24.3 Å². The zero-order valence-corrected chi connectivity index (χ0v) is 20.2. The van der Waals surface area contributed by atoms with Crippen LogP contribution in [0.1, 0.15) is 50.2 Å². The molecule has 0 spiro atoms. The maximum atomic E-state index is 13.2. The van der Waals surface area contributed by atoms with Crippen LogP contribution in [0.3, 0.4) is 0 Å². The minimum Gasteiger partial charge on any atom is -0.497 e. The van der Waals surface area contributed by atoms with E-state index in [9.17, 15) is 14.0 Å². The average molecular weight is 473 g/mol. The number of rotatable bonds is 10. The normalized spacial score (nSPS) is 15.0. The van der Waals surface area contributed by atoms with Crippen LogP contribution in [0.2, 0.25) is 0 Å². The molecule has 2 aromatic carbocycles. The van der Waals surface area contributed by atoms with E-state index >= 15 is 0 Å². The Morgan fingerprint density at radius 2 is 1.85 bits per heavy atom. The molecule has 0 radical (unpaired) electrons. The molecule has 1 atom stereocenters. The molecule has 0 aromatic heterocycles. The summed E-state index contributed by atoms with van der Waals surface area (Å²) in [5, 5.41) is 3.15. The monoisotopic (exact) mass is 472 g/mol. The Hall–Kier alpha value is -2.54. The van der Waals surface area contributed by atoms with Crippen LogP contribution in [0, 0.1) is 5.82 Å². The Kier molecular flexibility index (Phi) is 9.61. The molecular formula is C26H33FN2O3S. The zero-order valence-electron chi connectivity index (χ0n) is 19.4.